The van der Waals surface area contributed by atoms with Crippen LogP contribution in [0.1, 0.15) is 97.4 Å². The zero-order valence-corrected chi connectivity index (χ0v) is 37.9. The Hall–Kier alpha value is -6.72. The third-order valence-electron chi connectivity index (χ3n) is 13.5. The van der Waals surface area contributed by atoms with Gasteiger partial charge in [-0.05, 0) is 100 Å². The molecule has 4 aliphatic rings. The molecule has 3 saturated heterocycles. The predicted octanol–water partition coefficient (Wildman–Crippen LogP) is 5.89. The molecule has 5 aromatic rings. The molecule has 6 heterocycles. The number of amides is 5. The molecule has 4 aliphatic heterocycles. The van der Waals surface area contributed by atoms with Gasteiger partial charge in [0.25, 0.3) is 11.8 Å². The smallest absolute Gasteiger partial charge is 0.264 e. The van der Waals surface area contributed by atoms with Crippen molar-refractivity contribution in [1.29, 1.82) is 0 Å². The van der Waals surface area contributed by atoms with E-state index in [1.165, 1.54) is 6.33 Å². The van der Waals surface area contributed by atoms with Crippen LogP contribution in [0.15, 0.2) is 79.1 Å². The van der Waals surface area contributed by atoms with Gasteiger partial charge >= 0.3 is 0 Å². The van der Waals surface area contributed by atoms with Gasteiger partial charge in [0.1, 0.15) is 35.4 Å². The Morgan fingerprint density at radius 1 is 0.776 bits per heavy atom. The molecule has 2 atom stereocenters. The van der Waals surface area contributed by atoms with Gasteiger partial charge in [0.05, 0.1) is 22.6 Å². The van der Waals surface area contributed by atoms with Gasteiger partial charge in [0, 0.05) is 69.9 Å². The van der Waals surface area contributed by atoms with Crippen molar-refractivity contribution in [2.75, 3.05) is 70.0 Å². The molecule has 5 amide bonds. The number of nitrogens with zero attached hydrogens (tertiary/aromatic N) is 8. The fraction of sp³-hybridized carbons (Fsp3) is 0.440. The summed E-state index contributed by atoms with van der Waals surface area (Å²) in [6, 6.07) is 21.6. The summed E-state index contributed by atoms with van der Waals surface area (Å²) in [5.74, 6) is 0.0457. The normalized spacial score (nSPS) is 19.2. The molecule has 0 bridgehead atoms. The number of benzene rings is 3. The van der Waals surface area contributed by atoms with Crippen LogP contribution >= 0.6 is 0 Å². The van der Waals surface area contributed by atoms with Crippen molar-refractivity contribution in [2.45, 2.75) is 82.7 Å². The fourth-order valence-electron chi connectivity index (χ4n) is 9.86. The van der Waals surface area contributed by atoms with Gasteiger partial charge in [-0.1, -0.05) is 43.5 Å². The molecule has 0 aliphatic carbocycles. The van der Waals surface area contributed by atoms with Crippen molar-refractivity contribution >= 4 is 52.1 Å². The van der Waals surface area contributed by atoms with Crippen LogP contribution in [0, 0.1) is 0 Å². The van der Waals surface area contributed by atoms with Gasteiger partial charge in [-0.2, -0.15) is 5.10 Å². The molecule has 350 valence electrons. The van der Waals surface area contributed by atoms with Crippen molar-refractivity contribution in [1.82, 2.24) is 44.7 Å². The first-order valence-corrected chi connectivity index (χ1v) is 23.8. The number of imide groups is 2. The lowest BCUT2D eigenvalue weighted by molar-refractivity contribution is -0.136. The van der Waals surface area contributed by atoms with E-state index >= 15 is 0 Å². The second-order valence-corrected chi connectivity index (χ2v) is 18.0. The van der Waals surface area contributed by atoms with Crippen molar-refractivity contribution in [3.8, 4) is 22.8 Å². The minimum Gasteiger partial charge on any atom is -0.457 e. The summed E-state index contributed by atoms with van der Waals surface area (Å²) in [6.07, 6.45) is 10.2. The summed E-state index contributed by atoms with van der Waals surface area (Å²) in [6.45, 7) is 8.08. The molecule has 2 aromatic heterocycles. The molecular formula is C50H59N11O6. The van der Waals surface area contributed by atoms with Crippen LogP contribution in [0.2, 0.25) is 0 Å². The van der Waals surface area contributed by atoms with Crippen LogP contribution in [0.4, 0.5) is 11.5 Å². The molecule has 1 unspecified atom stereocenters. The highest BCUT2D eigenvalue weighted by Gasteiger charge is 2.45. The lowest BCUT2D eigenvalue weighted by Crippen LogP contribution is -2.54. The Kier molecular flexibility index (Phi) is 14.1. The molecule has 0 saturated carbocycles. The number of piperazine rings is 1. The second-order valence-electron chi connectivity index (χ2n) is 18.0. The van der Waals surface area contributed by atoms with Crippen LogP contribution in [0.5, 0.6) is 11.5 Å². The van der Waals surface area contributed by atoms with Gasteiger partial charge in [0.15, 0.2) is 5.65 Å². The Bertz CT molecular complexity index is 2590. The number of rotatable bonds is 18. The first kappa shape index (κ1) is 45.4. The number of para-hydroxylation sites is 1. The fourth-order valence-corrected chi connectivity index (χ4v) is 9.86. The van der Waals surface area contributed by atoms with Crippen LogP contribution in [-0.2, 0) is 14.4 Å². The number of piperidine rings is 2. The average Bonchev–Trinajstić information content (AvgIpc) is 3.86. The molecule has 0 radical (unpaired) electrons. The standard InChI is InChI=1S/C50H59N11O6/c51-46-44-45(34-18-20-37(21-19-34)67-36-13-5-4-6-14-36)56-61(47(44)54-33-53-46)35-12-10-27-59(32-35)42(63)17-11-26-58-30-28-57(29-31-58)25-8-3-1-2-7-24-52-39-16-9-15-38-43(39)50(66)60(49(38)65)40-22-23-41(62)55-48(40)64/h4-6,9,13-16,18-21,33,35,40,52H,1-3,7-8,10-12,17,22-32H2,(H2,51,53,54)(H,55,62,64)/t35-,40?/m1/s1. The Balaban J connectivity index is 0.662. The third-order valence-corrected chi connectivity index (χ3v) is 13.5. The topological polar surface area (TPSA) is 201 Å². The molecule has 4 N–H and O–H groups in total. The maximum Gasteiger partial charge on any atom is 0.264 e. The van der Waals surface area contributed by atoms with Crippen LogP contribution in [0.25, 0.3) is 22.3 Å². The molecule has 17 heteroatoms. The lowest BCUT2D eigenvalue weighted by atomic mass is 10.0. The average molecular weight is 910 g/mol. The van der Waals surface area contributed by atoms with Gasteiger partial charge in [-0.25, -0.2) is 14.6 Å². The zero-order chi connectivity index (χ0) is 46.3. The lowest BCUT2D eigenvalue weighted by Gasteiger charge is -2.35. The molecule has 9 rings (SSSR count). The van der Waals surface area contributed by atoms with Crippen molar-refractivity contribution in [3.63, 3.8) is 0 Å². The number of hydrogen-bond acceptors (Lipinski definition) is 13. The highest BCUT2D eigenvalue weighted by atomic mass is 16.5. The van der Waals surface area contributed by atoms with Crippen LogP contribution in [0.3, 0.4) is 0 Å². The molecule has 67 heavy (non-hydrogen) atoms. The summed E-state index contributed by atoms with van der Waals surface area (Å²) in [5.41, 5.74) is 9.88. The predicted molar refractivity (Wildman–Crippen MR) is 253 cm³/mol. The number of carbonyl (C=O) groups excluding carboxylic acids is 5. The second kappa shape index (κ2) is 20.8. The van der Waals surface area contributed by atoms with Gasteiger partial charge in [-0.3, -0.25) is 34.2 Å². The molecule has 3 aromatic carbocycles. The Morgan fingerprint density at radius 3 is 2.28 bits per heavy atom. The van der Waals surface area contributed by atoms with E-state index in [4.69, 9.17) is 15.6 Å². The summed E-state index contributed by atoms with van der Waals surface area (Å²) < 4.78 is 7.95. The quantitative estimate of drug-likeness (QED) is 0.0695. The number of ether oxygens (including phenoxy) is 1. The first-order valence-electron chi connectivity index (χ1n) is 23.8. The van der Waals surface area contributed by atoms with Crippen molar-refractivity contribution in [3.05, 3.63) is 90.3 Å². The number of nitrogen functional groups attached to an aromatic ring is 1. The van der Waals surface area contributed by atoms with E-state index in [0.29, 0.717) is 53.3 Å². The number of unbranched alkanes of at least 4 members (excludes halogenated alkanes) is 4. The number of aromatic nitrogens is 4. The molecule has 3 fully saturated rings. The van der Waals surface area contributed by atoms with E-state index in [1.807, 2.05) is 64.2 Å². The van der Waals surface area contributed by atoms with Crippen molar-refractivity contribution < 1.29 is 28.7 Å². The highest BCUT2D eigenvalue weighted by molar-refractivity contribution is 6.25. The number of nitrogens with two attached hydrogens (primary N) is 1. The monoisotopic (exact) mass is 909 g/mol. The maximum absolute atomic E-state index is 13.6. The van der Waals surface area contributed by atoms with Gasteiger partial charge < -0.3 is 30.5 Å². The zero-order valence-electron chi connectivity index (χ0n) is 37.9. The largest absolute Gasteiger partial charge is 0.457 e. The first-order chi connectivity index (χ1) is 32.7. The number of carbonyl (C=O) groups is 5. The van der Waals surface area contributed by atoms with E-state index in [9.17, 15) is 24.0 Å². The van der Waals surface area contributed by atoms with E-state index in [1.54, 1.807) is 18.2 Å². The SMILES string of the molecule is Nc1ncnc2c1c(-c1ccc(Oc3ccccc3)cc1)nn2[C@@H]1CCCN(C(=O)CCCN2CCN(CCCCCCCNc3cccc4c3C(=O)N(C3CCC(=O)NC3=O)C4=O)CC2)C1. The molecule has 0 spiro atoms. The summed E-state index contributed by atoms with van der Waals surface area (Å²) in [5, 5.41) is 11.4. The highest BCUT2D eigenvalue weighted by Crippen LogP contribution is 2.36. The third kappa shape index (κ3) is 10.3. The number of likely N-dealkylation sites (tertiary alicyclic amines) is 1. The number of nitrogens with one attached hydrogen (secondary N) is 2. The molecular weight excluding hydrogens is 851 g/mol. The van der Waals surface area contributed by atoms with E-state index < -0.39 is 29.7 Å². The van der Waals surface area contributed by atoms with Crippen molar-refractivity contribution in [2.24, 2.45) is 0 Å². The maximum atomic E-state index is 13.6. The minimum atomic E-state index is -0.978. The van der Waals surface area contributed by atoms with Crippen LogP contribution < -0.4 is 21.1 Å². The van der Waals surface area contributed by atoms with E-state index in [2.05, 4.69) is 30.4 Å². The van der Waals surface area contributed by atoms with E-state index in [0.717, 1.165) is 119 Å². The van der Waals surface area contributed by atoms with Crippen LogP contribution in [-0.4, -0.2) is 134 Å². The Labute approximate surface area is 390 Å². The minimum absolute atomic E-state index is 0.0279. The Morgan fingerprint density at radius 2 is 1.51 bits per heavy atom. The van der Waals surface area contributed by atoms with Gasteiger partial charge in [-0.15, -0.1) is 0 Å². The summed E-state index contributed by atoms with van der Waals surface area (Å²) in [4.78, 5) is 81.1. The van der Waals surface area contributed by atoms with Gasteiger partial charge in [0.2, 0.25) is 17.7 Å². The molecule has 17 nitrogen and oxygen atoms in total. The number of hydrogen-bond donors (Lipinski definition) is 3. The summed E-state index contributed by atoms with van der Waals surface area (Å²) in [7, 11) is 0. The summed E-state index contributed by atoms with van der Waals surface area (Å²) >= 11 is 0. The number of fused-ring (bicyclic) bond motifs is 2. The number of anilines is 2. The van der Waals surface area contributed by atoms with E-state index in [-0.39, 0.29) is 30.4 Å².